The fraction of sp³-hybridized carbons (Fsp3) is 0.250. The number of rotatable bonds is 3. The number of benzene rings is 1. The second-order valence-electron chi connectivity index (χ2n) is 4.90. The summed E-state index contributed by atoms with van der Waals surface area (Å²) in [5.74, 6) is -0.204. The zero-order valence-corrected chi connectivity index (χ0v) is 11.9. The topological polar surface area (TPSA) is 75.9 Å². The number of aryl methyl sites for hydroxylation is 2. The van der Waals surface area contributed by atoms with Gasteiger partial charge in [0.2, 0.25) is 0 Å². The number of pyridine rings is 1. The van der Waals surface area contributed by atoms with E-state index in [-0.39, 0.29) is 11.5 Å². The van der Waals surface area contributed by atoms with Gasteiger partial charge in [-0.2, -0.15) is 0 Å². The van der Waals surface area contributed by atoms with Crippen LogP contribution in [0.2, 0.25) is 0 Å². The Morgan fingerprint density at radius 3 is 2.60 bits per heavy atom. The molecule has 1 aromatic heterocycles. The molecule has 1 aromatic carbocycles. The van der Waals surface area contributed by atoms with Gasteiger partial charge in [0, 0.05) is 11.3 Å². The Hall–Kier alpha value is -2.36. The van der Waals surface area contributed by atoms with E-state index < -0.39 is 5.56 Å². The number of hydrogen-bond donors (Lipinski definition) is 2. The van der Waals surface area contributed by atoms with E-state index in [0.29, 0.717) is 17.5 Å². The molecule has 0 spiro atoms. The summed E-state index contributed by atoms with van der Waals surface area (Å²) < 4.78 is 0. The number of ketones is 1. The van der Waals surface area contributed by atoms with E-state index in [1.807, 2.05) is 32.9 Å². The fourth-order valence-corrected chi connectivity index (χ4v) is 2.34. The van der Waals surface area contributed by atoms with Gasteiger partial charge in [-0.05, 0) is 31.9 Å². The van der Waals surface area contributed by atoms with Crippen LogP contribution in [0, 0.1) is 13.8 Å². The Kier molecular flexibility index (Phi) is 3.74. The van der Waals surface area contributed by atoms with Crippen molar-refractivity contribution in [1.82, 2.24) is 4.98 Å². The smallest absolute Gasteiger partial charge is 0.272 e. The quantitative estimate of drug-likeness (QED) is 0.841. The summed E-state index contributed by atoms with van der Waals surface area (Å²) in [5.41, 5.74) is 8.77. The standard InChI is InChI=1S/C16H18N2O2/c1-4-12-10(3)13(14(17)16(20)18-12)15(19)11-7-5-6-9(2)8-11/h5-8H,4,17H2,1-3H3,(H,18,20). The zero-order chi connectivity index (χ0) is 14.9. The first-order valence-electron chi connectivity index (χ1n) is 6.58. The third-order valence-electron chi connectivity index (χ3n) is 3.47. The summed E-state index contributed by atoms with van der Waals surface area (Å²) in [6.45, 7) is 5.66. The van der Waals surface area contributed by atoms with Gasteiger partial charge in [-0.3, -0.25) is 9.59 Å². The van der Waals surface area contributed by atoms with Gasteiger partial charge in [0.1, 0.15) is 5.69 Å². The lowest BCUT2D eigenvalue weighted by Crippen LogP contribution is -2.21. The Morgan fingerprint density at radius 2 is 2.00 bits per heavy atom. The van der Waals surface area contributed by atoms with Crippen molar-refractivity contribution in [2.75, 3.05) is 5.73 Å². The lowest BCUT2D eigenvalue weighted by Gasteiger charge is -2.12. The molecule has 0 aliphatic rings. The van der Waals surface area contributed by atoms with Crippen LogP contribution in [-0.2, 0) is 6.42 Å². The molecule has 3 N–H and O–H groups in total. The molecule has 20 heavy (non-hydrogen) atoms. The van der Waals surface area contributed by atoms with E-state index in [9.17, 15) is 9.59 Å². The molecular weight excluding hydrogens is 252 g/mol. The molecule has 0 aliphatic carbocycles. The van der Waals surface area contributed by atoms with Crippen LogP contribution in [0.4, 0.5) is 5.69 Å². The number of aromatic amines is 1. The van der Waals surface area contributed by atoms with Gasteiger partial charge < -0.3 is 10.7 Å². The number of nitrogens with two attached hydrogens (primary N) is 1. The highest BCUT2D eigenvalue weighted by molar-refractivity contribution is 6.13. The number of carbonyl (C=O) groups is 1. The maximum Gasteiger partial charge on any atom is 0.272 e. The van der Waals surface area contributed by atoms with Gasteiger partial charge in [-0.25, -0.2) is 0 Å². The first-order chi connectivity index (χ1) is 9.45. The van der Waals surface area contributed by atoms with Gasteiger partial charge in [-0.1, -0.05) is 30.7 Å². The number of H-pyrrole nitrogens is 1. The van der Waals surface area contributed by atoms with Crippen LogP contribution < -0.4 is 11.3 Å². The van der Waals surface area contributed by atoms with Gasteiger partial charge in [-0.15, -0.1) is 0 Å². The fourth-order valence-electron chi connectivity index (χ4n) is 2.34. The molecule has 0 radical (unpaired) electrons. The highest BCUT2D eigenvalue weighted by Gasteiger charge is 2.19. The van der Waals surface area contributed by atoms with Crippen molar-refractivity contribution in [3.8, 4) is 0 Å². The van der Waals surface area contributed by atoms with Crippen molar-refractivity contribution in [3.05, 3.63) is 62.6 Å². The van der Waals surface area contributed by atoms with Crippen LogP contribution in [-0.4, -0.2) is 10.8 Å². The summed E-state index contributed by atoms with van der Waals surface area (Å²) in [6, 6.07) is 7.28. The molecular formula is C16H18N2O2. The van der Waals surface area contributed by atoms with Crippen LogP contribution >= 0.6 is 0 Å². The lowest BCUT2D eigenvalue weighted by atomic mass is 9.95. The third-order valence-corrected chi connectivity index (χ3v) is 3.47. The molecule has 0 saturated heterocycles. The van der Waals surface area contributed by atoms with Gasteiger partial charge in [0.15, 0.2) is 5.78 Å². The first kappa shape index (κ1) is 14.1. The van der Waals surface area contributed by atoms with Crippen molar-refractivity contribution in [1.29, 1.82) is 0 Å². The summed E-state index contributed by atoms with van der Waals surface area (Å²) in [6.07, 6.45) is 0.648. The van der Waals surface area contributed by atoms with Gasteiger partial charge >= 0.3 is 0 Å². The van der Waals surface area contributed by atoms with E-state index in [1.165, 1.54) is 0 Å². The molecule has 0 bridgehead atoms. The molecule has 1 heterocycles. The highest BCUT2D eigenvalue weighted by atomic mass is 16.1. The molecule has 0 unspecified atom stereocenters. The molecule has 0 amide bonds. The van der Waals surface area contributed by atoms with E-state index in [1.54, 1.807) is 12.1 Å². The van der Waals surface area contributed by atoms with Crippen molar-refractivity contribution >= 4 is 11.5 Å². The molecule has 4 heteroatoms. The predicted molar refractivity (Wildman–Crippen MR) is 80.2 cm³/mol. The number of hydrogen-bond acceptors (Lipinski definition) is 3. The normalized spacial score (nSPS) is 10.6. The van der Waals surface area contributed by atoms with Crippen molar-refractivity contribution < 1.29 is 4.79 Å². The van der Waals surface area contributed by atoms with Crippen molar-refractivity contribution in [2.24, 2.45) is 0 Å². The van der Waals surface area contributed by atoms with Crippen molar-refractivity contribution in [2.45, 2.75) is 27.2 Å². The monoisotopic (exact) mass is 270 g/mol. The average molecular weight is 270 g/mol. The Morgan fingerprint density at radius 1 is 1.30 bits per heavy atom. The average Bonchev–Trinajstić information content (AvgIpc) is 2.43. The third kappa shape index (κ3) is 2.37. The van der Waals surface area contributed by atoms with Gasteiger partial charge in [0.25, 0.3) is 5.56 Å². The predicted octanol–water partition coefficient (Wildman–Crippen LogP) is 2.37. The largest absolute Gasteiger partial charge is 0.394 e. The molecule has 2 rings (SSSR count). The van der Waals surface area contributed by atoms with E-state index in [2.05, 4.69) is 4.98 Å². The Bertz CT molecular complexity index is 730. The highest BCUT2D eigenvalue weighted by Crippen LogP contribution is 2.20. The second kappa shape index (κ2) is 5.33. The molecule has 0 fully saturated rings. The first-order valence-corrected chi connectivity index (χ1v) is 6.58. The molecule has 0 aliphatic heterocycles. The molecule has 104 valence electrons. The minimum atomic E-state index is -0.400. The summed E-state index contributed by atoms with van der Waals surface area (Å²) in [5, 5.41) is 0. The van der Waals surface area contributed by atoms with Crippen LogP contribution in [0.3, 0.4) is 0 Å². The summed E-state index contributed by atoms with van der Waals surface area (Å²) in [4.78, 5) is 27.2. The number of anilines is 1. The van der Waals surface area contributed by atoms with Crippen LogP contribution in [0.1, 0.15) is 39.7 Å². The molecule has 4 nitrogen and oxygen atoms in total. The van der Waals surface area contributed by atoms with Crippen LogP contribution in [0.5, 0.6) is 0 Å². The zero-order valence-electron chi connectivity index (χ0n) is 11.9. The summed E-state index contributed by atoms with van der Waals surface area (Å²) in [7, 11) is 0. The minimum absolute atomic E-state index is 0.00814. The molecule has 0 saturated carbocycles. The van der Waals surface area contributed by atoms with Crippen LogP contribution in [0.25, 0.3) is 0 Å². The molecule has 0 atom stereocenters. The number of carbonyl (C=O) groups excluding carboxylic acids is 1. The lowest BCUT2D eigenvalue weighted by molar-refractivity contribution is 0.103. The maximum atomic E-state index is 12.6. The maximum absolute atomic E-state index is 12.6. The Balaban J connectivity index is 2.66. The molecule has 2 aromatic rings. The second-order valence-corrected chi connectivity index (χ2v) is 4.90. The number of nitrogens with one attached hydrogen (secondary N) is 1. The van der Waals surface area contributed by atoms with E-state index in [0.717, 1.165) is 16.8 Å². The van der Waals surface area contributed by atoms with Crippen LogP contribution in [0.15, 0.2) is 29.1 Å². The van der Waals surface area contributed by atoms with Crippen molar-refractivity contribution in [3.63, 3.8) is 0 Å². The summed E-state index contributed by atoms with van der Waals surface area (Å²) >= 11 is 0. The number of aromatic nitrogens is 1. The minimum Gasteiger partial charge on any atom is -0.394 e. The van der Waals surface area contributed by atoms with E-state index in [4.69, 9.17) is 5.73 Å². The van der Waals surface area contributed by atoms with E-state index >= 15 is 0 Å². The SMILES string of the molecule is CCc1[nH]c(=O)c(N)c(C(=O)c2cccc(C)c2)c1C. The Labute approximate surface area is 117 Å². The number of nitrogen functional groups attached to an aromatic ring is 1. The van der Waals surface area contributed by atoms with Gasteiger partial charge in [0.05, 0.1) is 5.56 Å².